The maximum absolute atomic E-state index is 12.4. The van der Waals surface area contributed by atoms with E-state index in [2.05, 4.69) is 22.4 Å². The highest BCUT2D eigenvalue weighted by Crippen LogP contribution is 2.23. The van der Waals surface area contributed by atoms with E-state index in [9.17, 15) is 4.79 Å². The van der Waals surface area contributed by atoms with E-state index in [1.807, 2.05) is 48.5 Å². The van der Waals surface area contributed by atoms with E-state index < -0.39 is 0 Å². The predicted molar refractivity (Wildman–Crippen MR) is 94.3 cm³/mol. The van der Waals surface area contributed by atoms with E-state index in [0.717, 1.165) is 29.0 Å². The molecular formula is C19H19N3O2. The normalized spacial score (nSPS) is 10.4. The Morgan fingerprint density at radius 2 is 2.00 bits per heavy atom. The van der Waals surface area contributed by atoms with Crippen LogP contribution < -0.4 is 10.1 Å². The molecule has 3 aromatic rings. The van der Waals surface area contributed by atoms with Gasteiger partial charge in [0.15, 0.2) is 0 Å². The SMILES string of the molecule is CCc1ccccc1NC(=O)c1cc(-c2cccc(OC)c2)n[nH]1. The standard InChI is InChI=1S/C19H19N3O2/c1-3-13-7-4-5-10-16(13)20-19(23)18-12-17(21-22-18)14-8-6-9-15(11-14)24-2/h4-12H,3H2,1-2H3,(H,20,23)(H,21,22). The number of anilines is 1. The second-order valence-corrected chi connectivity index (χ2v) is 5.36. The highest BCUT2D eigenvalue weighted by Gasteiger charge is 2.13. The van der Waals surface area contributed by atoms with Gasteiger partial charge in [-0.25, -0.2) is 0 Å². The molecule has 2 aromatic carbocycles. The summed E-state index contributed by atoms with van der Waals surface area (Å²) in [6, 6.07) is 17.1. The predicted octanol–water partition coefficient (Wildman–Crippen LogP) is 3.90. The molecule has 0 atom stereocenters. The number of aryl methyl sites for hydroxylation is 1. The Bertz CT molecular complexity index is 855. The van der Waals surface area contributed by atoms with Crippen LogP contribution in [-0.2, 0) is 6.42 Å². The van der Waals surface area contributed by atoms with Crippen molar-refractivity contribution >= 4 is 11.6 Å². The Morgan fingerprint density at radius 1 is 1.17 bits per heavy atom. The Hall–Kier alpha value is -3.08. The van der Waals surface area contributed by atoms with Gasteiger partial charge in [-0.2, -0.15) is 5.10 Å². The smallest absolute Gasteiger partial charge is 0.273 e. The van der Waals surface area contributed by atoms with E-state index >= 15 is 0 Å². The van der Waals surface area contributed by atoms with Gasteiger partial charge in [0.2, 0.25) is 0 Å². The van der Waals surface area contributed by atoms with Gasteiger partial charge >= 0.3 is 0 Å². The number of hydrogen-bond acceptors (Lipinski definition) is 3. The van der Waals surface area contributed by atoms with E-state index in [4.69, 9.17) is 4.74 Å². The van der Waals surface area contributed by atoms with Crippen molar-refractivity contribution in [1.29, 1.82) is 0 Å². The molecule has 0 aliphatic carbocycles. The number of nitrogens with one attached hydrogen (secondary N) is 2. The lowest BCUT2D eigenvalue weighted by atomic mass is 10.1. The lowest BCUT2D eigenvalue weighted by molar-refractivity contribution is 0.102. The molecule has 0 fully saturated rings. The molecule has 3 rings (SSSR count). The van der Waals surface area contributed by atoms with Crippen LogP contribution in [0.15, 0.2) is 54.6 Å². The van der Waals surface area contributed by atoms with E-state index in [0.29, 0.717) is 11.4 Å². The summed E-state index contributed by atoms with van der Waals surface area (Å²) in [6.07, 6.45) is 0.856. The Balaban J connectivity index is 1.81. The van der Waals surface area contributed by atoms with Gasteiger partial charge in [-0.15, -0.1) is 0 Å². The van der Waals surface area contributed by atoms with Crippen molar-refractivity contribution in [3.8, 4) is 17.0 Å². The van der Waals surface area contributed by atoms with Crippen molar-refractivity contribution in [3.05, 3.63) is 65.9 Å². The monoisotopic (exact) mass is 321 g/mol. The third-order valence-corrected chi connectivity index (χ3v) is 3.83. The minimum Gasteiger partial charge on any atom is -0.497 e. The van der Waals surface area contributed by atoms with Crippen molar-refractivity contribution in [1.82, 2.24) is 10.2 Å². The summed E-state index contributed by atoms with van der Waals surface area (Å²) < 4.78 is 5.22. The first-order valence-electron chi connectivity index (χ1n) is 7.80. The van der Waals surface area contributed by atoms with Crippen molar-refractivity contribution in [2.24, 2.45) is 0 Å². The molecule has 0 aliphatic rings. The van der Waals surface area contributed by atoms with Crippen LogP contribution in [0.1, 0.15) is 23.0 Å². The molecule has 24 heavy (non-hydrogen) atoms. The molecule has 0 aliphatic heterocycles. The Labute approximate surface area is 140 Å². The van der Waals surface area contributed by atoms with Crippen LogP contribution >= 0.6 is 0 Å². The van der Waals surface area contributed by atoms with Gasteiger partial charge in [0.1, 0.15) is 11.4 Å². The lowest BCUT2D eigenvalue weighted by Gasteiger charge is -2.08. The highest BCUT2D eigenvalue weighted by molar-refractivity contribution is 6.03. The summed E-state index contributed by atoms with van der Waals surface area (Å²) >= 11 is 0. The Morgan fingerprint density at radius 3 is 2.79 bits per heavy atom. The molecule has 1 aromatic heterocycles. The van der Waals surface area contributed by atoms with Gasteiger partial charge < -0.3 is 10.1 Å². The molecule has 0 saturated heterocycles. The molecular weight excluding hydrogens is 302 g/mol. The number of amides is 1. The summed E-state index contributed by atoms with van der Waals surface area (Å²) in [7, 11) is 1.62. The van der Waals surface area contributed by atoms with Crippen molar-refractivity contribution in [2.75, 3.05) is 12.4 Å². The number of carbonyl (C=O) groups is 1. The number of rotatable bonds is 5. The van der Waals surface area contributed by atoms with Gasteiger partial charge in [-0.05, 0) is 36.2 Å². The van der Waals surface area contributed by atoms with Crippen LogP contribution in [0.3, 0.4) is 0 Å². The molecule has 0 unspecified atom stereocenters. The summed E-state index contributed by atoms with van der Waals surface area (Å²) in [4.78, 5) is 12.4. The number of H-pyrrole nitrogens is 1. The third-order valence-electron chi connectivity index (χ3n) is 3.83. The molecule has 1 heterocycles. The van der Waals surface area contributed by atoms with Crippen LogP contribution in [0.4, 0.5) is 5.69 Å². The summed E-state index contributed by atoms with van der Waals surface area (Å²) in [6.45, 7) is 2.06. The minimum absolute atomic E-state index is 0.211. The third kappa shape index (κ3) is 3.30. The van der Waals surface area contributed by atoms with Gasteiger partial charge in [0.25, 0.3) is 5.91 Å². The second-order valence-electron chi connectivity index (χ2n) is 5.36. The topological polar surface area (TPSA) is 67.0 Å². The summed E-state index contributed by atoms with van der Waals surface area (Å²) in [5, 5.41) is 9.95. The van der Waals surface area contributed by atoms with Gasteiger partial charge in [-0.3, -0.25) is 9.89 Å². The van der Waals surface area contributed by atoms with Gasteiger partial charge in [0.05, 0.1) is 12.8 Å². The number of para-hydroxylation sites is 1. The molecule has 0 saturated carbocycles. The van der Waals surface area contributed by atoms with Crippen LogP contribution in [0.5, 0.6) is 5.75 Å². The van der Waals surface area contributed by atoms with Crippen molar-refractivity contribution < 1.29 is 9.53 Å². The zero-order valence-corrected chi connectivity index (χ0v) is 13.7. The van der Waals surface area contributed by atoms with E-state index in [-0.39, 0.29) is 5.91 Å². The van der Waals surface area contributed by atoms with E-state index in [1.165, 1.54) is 0 Å². The number of carbonyl (C=O) groups excluding carboxylic acids is 1. The average Bonchev–Trinajstić information content (AvgIpc) is 3.12. The molecule has 5 nitrogen and oxygen atoms in total. The van der Waals surface area contributed by atoms with Crippen LogP contribution in [0.2, 0.25) is 0 Å². The second kappa shape index (κ2) is 7.00. The maximum Gasteiger partial charge on any atom is 0.273 e. The van der Waals surface area contributed by atoms with Crippen molar-refractivity contribution in [3.63, 3.8) is 0 Å². The fourth-order valence-corrected chi connectivity index (χ4v) is 2.51. The number of aromatic amines is 1. The molecule has 0 bridgehead atoms. The van der Waals surface area contributed by atoms with Gasteiger partial charge in [0, 0.05) is 11.3 Å². The quantitative estimate of drug-likeness (QED) is 0.749. The summed E-state index contributed by atoms with van der Waals surface area (Å²) in [5.41, 5.74) is 3.92. The molecule has 5 heteroatoms. The first-order chi connectivity index (χ1) is 11.7. The fourth-order valence-electron chi connectivity index (χ4n) is 2.51. The fraction of sp³-hybridized carbons (Fsp3) is 0.158. The molecule has 2 N–H and O–H groups in total. The number of ether oxygens (including phenoxy) is 1. The highest BCUT2D eigenvalue weighted by atomic mass is 16.5. The number of benzene rings is 2. The number of methoxy groups -OCH3 is 1. The zero-order chi connectivity index (χ0) is 16.9. The number of nitrogens with zero attached hydrogens (tertiary/aromatic N) is 1. The van der Waals surface area contributed by atoms with Crippen LogP contribution in [0, 0.1) is 0 Å². The zero-order valence-electron chi connectivity index (χ0n) is 13.7. The minimum atomic E-state index is -0.211. The molecule has 122 valence electrons. The van der Waals surface area contributed by atoms with Crippen molar-refractivity contribution in [2.45, 2.75) is 13.3 Å². The first kappa shape index (κ1) is 15.8. The number of aromatic nitrogens is 2. The van der Waals surface area contributed by atoms with E-state index in [1.54, 1.807) is 13.2 Å². The number of hydrogen-bond donors (Lipinski definition) is 2. The van der Waals surface area contributed by atoms with Gasteiger partial charge in [-0.1, -0.05) is 37.3 Å². The van der Waals surface area contributed by atoms with Crippen LogP contribution in [0.25, 0.3) is 11.3 Å². The molecule has 1 amide bonds. The summed E-state index contributed by atoms with van der Waals surface area (Å²) in [5.74, 6) is 0.538. The molecule has 0 spiro atoms. The largest absolute Gasteiger partial charge is 0.497 e. The Kier molecular flexibility index (Phi) is 4.61. The molecule has 0 radical (unpaired) electrons. The first-order valence-corrected chi connectivity index (χ1v) is 7.80. The maximum atomic E-state index is 12.4. The average molecular weight is 321 g/mol. The lowest BCUT2D eigenvalue weighted by Crippen LogP contribution is -2.13. The van der Waals surface area contributed by atoms with Crippen LogP contribution in [-0.4, -0.2) is 23.2 Å².